The molecule has 0 spiro atoms. The lowest BCUT2D eigenvalue weighted by Gasteiger charge is -2.50. The quantitative estimate of drug-likeness (QED) is 0.325. The number of fused-ring (bicyclic) bond motifs is 4. The number of carbonyl (C=O) groups excluding carboxylic acids is 4. The second kappa shape index (κ2) is 15.2. The SMILES string of the molecule is C[C@@H]1CN(C[C@H]2CCN(c3ccc4c(c3)C(=O)N(C3CCC(=O)NC3=O)C4)C[C@@H]2F)C[C@H](C)N1C(=O)N1CCN2c3cc(-c4cc(F)cc(F)c4O)nnc3NC[C@H]2C1. The number of benzene rings is 2. The number of piperazine rings is 2. The highest BCUT2D eigenvalue weighted by Gasteiger charge is 2.42. The van der Waals surface area contributed by atoms with Crippen LogP contribution in [0.3, 0.4) is 0 Å². The number of phenols is 1. The van der Waals surface area contributed by atoms with Gasteiger partial charge in [0, 0.05) is 113 Å². The number of piperidine rings is 2. The van der Waals surface area contributed by atoms with Crippen LogP contribution >= 0.6 is 0 Å². The number of aromatic hydroxyl groups is 1. The molecule has 7 heterocycles. The van der Waals surface area contributed by atoms with Gasteiger partial charge >= 0.3 is 6.03 Å². The average molecular weight is 817 g/mol. The molecule has 18 heteroatoms. The molecule has 6 atom stereocenters. The molecule has 3 N–H and O–H groups in total. The predicted molar refractivity (Wildman–Crippen MR) is 211 cm³/mol. The third-order valence-corrected chi connectivity index (χ3v) is 12.9. The van der Waals surface area contributed by atoms with Crippen LogP contribution in [0.1, 0.15) is 49.0 Å². The van der Waals surface area contributed by atoms with E-state index in [1.807, 2.05) is 40.7 Å². The largest absolute Gasteiger partial charge is 0.504 e. The summed E-state index contributed by atoms with van der Waals surface area (Å²) in [5.74, 6) is -3.34. The van der Waals surface area contributed by atoms with E-state index in [2.05, 4.69) is 30.6 Å². The van der Waals surface area contributed by atoms with Crippen molar-refractivity contribution in [3.05, 3.63) is 59.2 Å². The lowest BCUT2D eigenvalue weighted by Crippen LogP contribution is -2.66. The highest BCUT2D eigenvalue weighted by Crippen LogP contribution is 2.38. The van der Waals surface area contributed by atoms with Crippen LogP contribution in [0.2, 0.25) is 0 Å². The molecule has 4 fully saturated rings. The fourth-order valence-electron chi connectivity index (χ4n) is 9.94. The lowest BCUT2D eigenvalue weighted by atomic mass is 9.92. The minimum absolute atomic E-state index is 0.0477. The van der Waals surface area contributed by atoms with E-state index in [0.29, 0.717) is 94.9 Å². The van der Waals surface area contributed by atoms with E-state index < -0.39 is 35.5 Å². The van der Waals surface area contributed by atoms with Gasteiger partial charge in [-0.2, -0.15) is 0 Å². The topological polar surface area (TPSA) is 158 Å². The molecule has 0 saturated carbocycles. The Morgan fingerprint density at radius 3 is 2.47 bits per heavy atom. The molecule has 4 saturated heterocycles. The third kappa shape index (κ3) is 7.14. The first-order valence-electron chi connectivity index (χ1n) is 20.4. The number of hydrogen-bond donors (Lipinski definition) is 3. The number of hydrogen-bond acceptors (Lipinski definition) is 11. The monoisotopic (exact) mass is 816 g/mol. The Balaban J connectivity index is 0.786. The molecule has 59 heavy (non-hydrogen) atoms. The molecule has 1 aromatic heterocycles. The Labute approximate surface area is 339 Å². The third-order valence-electron chi connectivity index (χ3n) is 12.9. The van der Waals surface area contributed by atoms with E-state index in [0.717, 1.165) is 17.3 Å². The first kappa shape index (κ1) is 38.8. The maximum atomic E-state index is 16.0. The summed E-state index contributed by atoms with van der Waals surface area (Å²) in [6.45, 7) is 8.91. The first-order chi connectivity index (χ1) is 28.3. The minimum Gasteiger partial charge on any atom is -0.504 e. The number of nitrogens with zero attached hydrogens (tertiary/aromatic N) is 8. The van der Waals surface area contributed by atoms with Gasteiger partial charge in [-0.15, -0.1) is 10.2 Å². The molecular weight excluding hydrogens is 770 g/mol. The molecule has 5 amide bonds. The van der Waals surface area contributed by atoms with E-state index in [1.54, 1.807) is 12.1 Å². The number of rotatable bonds is 5. The maximum absolute atomic E-state index is 16.0. The molecule has 312 valence electrons. The molecule has 15 nitrogen and oxygen atoms in total. The molecule has 0 aliphatic carbocycles. The summed E-state index contributed by atoms with van der Waals surface area (Å²) >= 11 is 0. The Morgan fingerprint density at radius 1 is 0.915 bits per heavy atom. The van der Waals surface area contributed by atoms with E-state index >= 15 is 4.39 Å². The molecule has 9 rings (SSSR count). The van der Waals surface area contributed by atoms with Crippen LogP contribution in [0.15, 0.2) is 36.4 Å². The van der Waals surface area contributed by atoms with Gasteiger partial charge in [0.1, 0.15) is 18.0 Å². The Hall–Kier alpha value is -5.65. The van der Waals surface area contributed by atoms with Crippen LogP contribution < -0.4 is 20.4 Å². The van der Waals surface area contributed by atoms with Gasteiger partial charge in [-0.1, -0.05) is 6.07 Å². The number of phenolic OH excluding ortho intramolecular Hbond substituents is 1. The van der Waals surface area contributed by atoms with Crippen molar-refractivity contribution in [3.8, 4) is 17.0 Å². The zero-order chi connectivity index (χ0) is 41.3. The van der Waals surface area contributed by atoms with E-state index in [-0.39, 0.29) is 66.1 Å². The molecule has 1 unspecified atom stereocenters. The van der Waals surface area contributed by atoms with Gasteiger partial charge in [0.05, 0.1) is 17.4 Å². The molecule has 2 aromatic carbocycles. The van der Waals surface area contributed by atoms with Crippen LogP contribution in [0.25, 0.3) is 11.3 Å². The van der Waals surface area contributed by atoms with Crippen LogP contribution in [-0.4, -0.2) is 148 Å². The van der Waals surface area contributed by atoms with Crippen molar-refractivity contribution in [1.82, 2.24) is 35.1 Å². The Kier molecular flexibility index (Phi) is 10.00. The number of alkyl halides is 1. The highest BCUT2D eigenvalue weighted by molar-refractivity contribution is 6.05. The van der Waals surface area contributed by atoms with E-state index in [4.69, 9.17) is 0 Å². The zero-order valence-corrected chi connectivity index (χ0v) is 32.9. The summed E-state index contributed by atoms with van der Waals surface area (Å²) in [5, 5.41) is 24.2. The van der Waals surface area contributed by atoms with Crippen LogP contribution in [0, 0.1) is 17.6 Å². The van der Waals surface area contributed by atoms with Gasteiger partial charge < -0.3 is 34.9 Å². The summed E-state index contributed by atoms with van der Waals surface area (Å²) in [4.78, 5) is 63.3. The molecule has 0 radical (unpaired) electrons. The van der Waals surface area contributed by atoms with E-state index in [9.17, 15) is 33.1 Å². The predicted octanol–water partition coefficient (Wildman–Crippen LogP) is 3.18. The van der Waals surface area contributed by atoms with Crippen molar-refractivity contribution in [3.63, 3.8) is 0 Å². The zero-order valence-electron chi connectivity index (χ0n) is 32.9. The standard InChI is InChI=1S/C41H47F3N10O5/c1-22-16-49(18-25-7-8-50(21-32(25)44)27-4-3-24-19-53(40(58)29(24)13-27)34-5-6-36(55)46-39(34)57)17-23(2)54(22)41(59)51-9-10-52-28(20-51)15-45-38-35(52)14-33(47-48-38)30-11-26(42)12-31(43)37(30)56/h3-4,11-14,22-23,25,28,32,34,56H,5-10,15-21H2,1-2H3,(H,45,48)(H,46,55,57)/t22-,23+,25-,28+,32+,34?/m1/s1. The summed E-state index contributed by atoms with van der Waals surface area (Å²) in [6, 6.07) is 7.82. The minimum atomic E-state index is -1.09. The van der Waals surface area contributed by atoms with Crippen molar-refractivity contribution < 1.29 is 37.5 Å². The van der Waals surface area contributed by atoms with Crippen LogP contribution in [0.5, 0.6) is 5.75 Å². The Bertz CT molecular complexity index is 2200. The molecular formula is C41H47F3N10O5. The fourth-order valence-corrected chi connectivity index (χ4v) is 9.94. The second-order valence-corrected chi connectivity index (χ2v) is 16.8. The maximum Gasteiger partial charge on any atom is 0.320 e. The van der Waals surface area contributed by atoms with Gasteiger partial charge in [-0.25, -0.2) is 18.0 Å². The number of amides is 5. The van der Waals surface area contributed by atoms with Crippen molar-refractivity contribution >= 4 is 40.9 Å². The van der Waals surface area contributed by atoms with Crippen LogP contribution in [0.4, 0.5) is 35.2 Å². The van der Waals surface area contributed by atoms with Gasteiger partial charge in [0.2, 0.25) is 11.8 Å². The van der Waals surface area contributed by atoms with Crippen LogP contribution in [-0.2, 0) is 16.1 Å². The summed E-state index contributed by atoms with van der Waals surface area (Å²) in [5.41, 5.74) is 2.80. The summed E-state index contributed by atoms with van der Waals surface area (Å²) in [6.07, 6.45) is 0.0233. The average Bonchev–Trinajstić information content (AvgIpc) is 3.53. The van der Waals surface area contributed by atoms with Crippen molar-refractivity contribution in [2.45, 2.75) is 70.0 Å². The highest BCUT2D eigenvalue weighted by atomic mass is 19.1. The second-order valence-electron chi connectivity index (χ2n) is 16.8. The molecule has 3 aromatic rings. The normalized spacial score (nSPS) is 27.3. The number of imide groups is 1. The summed E-state index contributed by atoms with van der Waals surface area (Å²) < 4.78 is 44.1. The number of nitrogens with one attached hydrogen (secondary N) is 2. The smallest absolute Gasteiger partial charge is 0.320 e. The van der Waals surface area contributed by atoms with Crippen molar-refractivity contribution in [2.75, 3.05) is 74.0 Å². The van der Waals surface area contributed by atoms with Gasteiger partial charge in [-0.3, -0.25) is 24.6 Å². The number of urea groups is 1. The molecule has 6 aliphatic rings. The van der Waals surface area contributed by atoms with Gasteiger partial charge in [0.15, 0.2) is 17.4 Å². The van der Waals surface area contributed by atoms with Crippen molar-refractivity contribution in [1.29, 1.82) is 0 Å². The molecule has 6 aliphatic heterocycles. The Morgan fingerprint density at radius 2 is 1.71 bits per heavy atom. The number of aromatic nitrogens is 2. The van der Waals surface area contributed by atoms with Gasteiger partial charge in [-0.05, 0) is 56.5 Å². The van der Waals surface area contributed by atoms with E-state index in [1.165, 1.54) is 4.90 Å². The fraction of sp³-hybridized carbons (Fsp3) is 0.512. The molecule has 0 bridgehead atoms. The lowest BCUT2D eigenvalue weighted by molar-refractivity contribution is -0.136. The van der Waals surface area contributed by atoms with Crippen molar-refractivity contribution in [2.24, 2.45) is 5.92 Å². The van der Waals surface area contributed by atoms with Gasteiger partial charge in [0.25, 0.3) is 5.91 Å². The number of anilines is 3. The summed E-state index contributed by atoms with van der Waals surface area (Å²) in [7, 11) is 0. The first-order valence-corrected chi connectivity index (χ1v) is 20.4. The number of halogens is 3. The number of carbonyl (C=O) groups is 4.